The van der Waals surface area contributed by atoms with Crippen LogP contribution in [0.5, 0.6) is 5.75 Å². The normalized spacial score (nSPS) is 14.7. The molecule has 5 rings (SSSR count). The van der Waals surface area contributed by atoms with Crippen LogP contribution in [0.2, 0.25) is 0 Å². The number of amides is 1. The molecule has 1 aliphatic rings. The Hall–Kier alpha value is -3.23. The Morgan fingerprint density at radius 3 is 2.67 bits per heavy atom. The largest absolute Gasteiger partial charge is 0.487 e. The quantitative estimate of drug-likeness (QED) is 0.435. The molecule has 1 aliphatic heterocycles. The number of ether oxygens (including phenoxy) is 1. The highest BCUT2D eigenvalue weighted by molar-refractivity contribution is 7.09. The lowest BCUT2D eigenvalue weighted by Crippen LogP contribution is -2.48. The summed E-state index contributed by atoms with van der Waals surface area (Å²) in [7, 11) is 0. The van der Waals surface area contributed by atoms with Gasteiger partial charge >= 0.3 is 0 Å². The maximum Gasteiger partial charge on any atom is 0.254 e. The molecule has 0 bridgehead atoms. The van der Waals surface area contributed by atoms with Gasteiger partial charge < -0.3 is 14.0 Å². The molecule has 33 heavy (non-hydrogen) atoms. The molecule has 0 spiro atoms. The van der Waals surface area contributed by atoms with E-state index in [-0.39, 0.29) is 5.91 Å². The summed E-state index contributed by atoms with van der Waals surface area (Å²) in [5.74, 6) is 0.722. The first-order valence-electron chi connectivity index (χ1n) is 11.1. The van der Waals surface area contributed by atoms with E-state index in [4.69, 9.17) is 4.74 Å². The van der Waals surface area contributed by atoms with Crippen LogP contribution in [0.15, 0.2) is 54.2 Å². The number of piperazine rings is 1. The van der Waals surface area contributed by atoms with E-state index in [1.165, 1.54) is 5.56 Å². The topological polar surface area (TPSA) is 63.0 Å². The number of aryl methyl sites for hydroxylation is 2. The smallest absolute Gasteiger partial charge is 0.254 e. The fourth-order valence-corrected chi connectivity index (χ4v) is 4.71. The van der Waals surface area contributed by atoms with Crippen LogP contribution in [-0.4, -0.2) is 56.3 Å². The number of imidazole rings is 1. The zero-order chi connectivity index (χ0) is 22.8. The molecule has 1 aromatic carbocycles. The lowest BCUT2D eigenvalue weighted by molar-refractivity contribution is 0.0627. The summed E-state index contributed by atoms with van der Waals surface area (Å²) in [6.07, 6.45) is 4.02. The highest BCUT2D eigenvalue weighted by atomic mass is 32.1. The number of benzene rings is 1. The molecule has 3 aromatic heterocycles. The average molecular weight is 462 g/mol. The minimum absolute atomic E-state index is 0.0489. The van der Waals surface area contributed by atoms with E-state index in [1.54, 1.807) is 11.3 Å². The second kappa shape index (κ2) is 9.33. The maximum absolute atomic E-state index is 13.1. The minimum atomic E-state index is 0.0489. The number of carbonyl (C=O) groups is 1. The van der Waals surface area contributed by atoms with Gasteiger partial charge in [-0.2, -0.15) is 0 Å². The van der Waals surface area contributed by atoms with Crippen LogP contribution in [0, 0.1) is 13.8 Å². The molecule has 170 valence electrons. The summed E-state index contributed by atoms with van der Waals surface area (Å²) in [5, 5.41) is 3.21. The van der Waals surface area contributed by atoms with Crippen LogP contribution in [-0.2, 0) is 13.2 Å². The summed E-state index contributed by atoms with van der Waals surface area (Å²) < 4.78 is 7.96. The number of fused-ring (bicyclic) bond motifs is 1. The van der Waals surface area contributed by atoms with Crippen molar-refractivity contribution in [1.29, 1.82) is 0 Å². The molecule has 0 N–H and O–H groups in total. The molecule has 1 fully saturated rings. The number of rotatable bonds is 6. The summed E-state index contributed by atoms with van der Waals surface area (Å²) in [6.45, 7) is 8.42. The zero-order valence-corrected chi connectivity index (χ0v) is 19.7. The lowest BCUT2D eigenvalue weighted by Gasteiger charge is -2.34. The van der Waals surface area contributed by atoms with E-state index in [1.807, 2.05) is 65.0 Å². The predicted octanol–water partition coefficient (Wildman–Crippen LogP) is 3.94. The Balaban J connectivity index is 1.17. The van der Waals surface area contributed by atoms with Crippen molar-refractivity contribution < 1.29 is 9.53 Å². The monoisotopic (exact) mass is 461 g/mol. The SMILES string of the molecule is Cc1ccc2nc(COc3cccc(C(=O)N4CCN(Cc5csc(C)n5)CC4)c3)cn2c1. The molecule has 4 heterocycles. The molecule has 0 unspecified atom stereocenters. The van der Waals surface area contributed by atoms with Crippen LogP contribution in [0.4, 0.5) is 0 Å². The molecule has 8 heteroatoms. The van der Waals surface area contributed by atoms with Gasteiger partial charge in [-0.25, -0.2) is 9.97 Å². The van der Waals surface area contributed by atoms with Crippen molar-refractivity contribution in [3.8, 4) is 5.75 Å². The van der Waals surface area contributed by atoms with Gasteiger partial charge in [-0.1, -0.05) is 12.1 Å². The van der Waals surface area contributed by atoms with Gasteiger partial charge in [0.15, 0.2) is 0 Å². The third-order valence-electron chi connectivity index (χ3n) is 5.83. The van der Waals surface area contributed by atoms with Crippen molar-refractivity contribution in [1.82, 2.24) is 24.2 Å². The van der Waals surface area contributed by atoms with Crippen molar-refractivity contribution >= 4 is 22.9 Å². The van der Waals surface area contributed by atoms with E-state index < -0.39 is 0 Å². The molecule has 7 nitrogen and oxygen atoms in total. The summed E-state index contributed by atoms with van der Waals surface area (Å²) in [6, 6.07) is 11.5. The second-order valence-corrected chi connectivity index (χ2v) is 9.51. The molecular weight excluding hydrogens is 434 g/mol. The van der Waals surface area contributed by atoms with Gasteiger partial charge in [0, 0.05) is 56.1 Å². The van der Waals surface area contributed by atoms with Crippen molar-refractivity contribution in [2.75, 3.05) is 26.2 Å². The van der Waals surface area contributed by atoms with Gasteiger partial charge in [-0.05, 0) is 43.7 Å². The van der Waals surface area contributed by atoms with Crippen molar-refractivity contribution in [3.05, 3.63) is 81.7 Å². The van der Waals surface area contributed by atoms with Crippen molar-refractivity contribution in [2.24, 2.45) is 0 Å². The van der Waals surface area contributed by atoms with Crippen LogP contribution < -0.4 is 4.74 Å². The number of carbonyl (C=O) groups excluding carboxylic acids is 1. The number of aromatic nitrogens is 3. The van der Waals surface area contributed by atoms with E-state index in [2.05, 4.69) is 27.2 Å². The third-order valence-corrected chi connectivity index (χ3v) is 6.65. The predicted molar refractivity (Wildman–Crippen MR) is 129 cm³/mol. The van der Waals surface area contributed by atoms with E-state index in [0.29, 0.717) is 31.0 Å². The average Bonchev–Trinajstić information content (AvgIpc) is 3.42. The Morgan fingerprint density at radius 2 is 1.88 bits per heavy atom. The first-order valence-corrected chi connectivity index (χ1v) is 12.0. The van der Waals surface area contributed by atoms with Gasteiger partial charge in [-0.3, -0.25) is 9.69 Å². The fraction of sp³-hybridized carbons (Fsp3) is 0.320. The molecule has 0 atom stereocenters. The highest BCUT2D eigenvalue weighted by Gasteiger charge is 2.23. The van der Waals surface area contributed by atoms with E-state index in [9.17, 15) is 4.79 Å². The molecule has 0 aliphatic carbocycles. The van der Waals surface area contributed by atoms with Crippen LogP contribution in [0.3, 0.4) is 0 Å². The molecule has 1 amide bonds. The number of thiazole rings is 1. The number of hydrogen-bond donors (Lipinski definition) is 0. The van der Waals surface area contributed by atoms with Crippen LogP contribution >= 0.6 is 11.3 Å². The third kappa shape index (κ3) is 5.07. The zero-order valence-electron chi connectivity index (χ0n) is 18.9. The van der Waals surface area contributed by atoms with Gasteiger partial charge in [0.2, 0.25) is 0 Å². The Labute approximate surface area is 197 Å². The first kappa shape index (κ1) is 21.6. The highest BCUT2D eigenvalue weighted by Crippen LogP contribution is 2.19. The number of nitrogens with zero attached hydrogens (tertiary/aromatic N) is 5. The van der Waals surface area contributed by atoms with E-state index >= 15 is 0 Å². The summed E-state index contributed by atoms with van der Waals surface area (Å²) >= 11 is 1.68. The Kier molecular flexibility index (Phi) is 6.11. The molecule has 0 radical (unpaired) electrons. The van der Waals surface area contributed by atoms with Gasteiger partial charge in [0.1, 0.15) is 18.0 Å². The number of pyridine rings is 1. The van der Waals surface area contributed by atoms with Crippen LogP contribution in [0.25, 0.3) is 5.65 Å². The number of hydrogen-bond acceptors (Lipinski definition) is 6. The van der Waals surface area contributed by atoms with Gasteiger partial charge in [-0.15, -0.1) is 11.3 Å². The lowest BCUT2D eigenvalue weighted by atomic mass is 10.1. The minimum Gasteiger partial charge on any atom is -0.487 e. The maximum atomic E-state index is 13.1. The van der Waals surface area contributed by atoms with Crippen molar-refractivity contribution in [2.45, 2.75) is 27.0 Å². The molecular formula is C25H27N5O2S. The van der Waals surface area contributed by atoms with Gasteiger partial charge in [0.05, 0.1) is 16.4 Å². The van der Waals surface area contributed by atoms with Crippen molar-refractivity contribution in [3.63, 3.8) is 0 Å². The van der Waals surface area contributed by atoms with Crippen LogP contribution in [0.1, 0.15) is 32.3 Å². The fourth-order valence-electron chi connectivity index (χ4n) is 4.10. The van der Waals surface area contributed by atoms with E-state index in [0.717, 1.165) is 41.7 Å². The molecule has 4 aromatic rings. The Morgan fingerprint density at radius 1 is 1.03 bits per heavy atom. The summed E-state index contributed by atoms with van der Waals surface area (Å²) in [4.78, 5) is 26.5. The second-order valence-electron chi connectivity index (χ2n) is 8.45. The standard InChI is InChI=1S/C25H27N5O2S/c1-18-6-7-24-27-21(15-30(24)13-18)16-32-23-5-3-4-20(12-23)25(31)29-10-8-28(9-11-29)14-22-17-33-19(2)26-22/h3-7,12-13,15,17H,8-11,14,16H2,1-2H3. The molecule has 0 saturated carbocycles. The molecule has 1 saturated heterocycles. The Bertz CT molecular complexity index is 1270. The first-order chi connectivity index (χ1) is 16.0. The van der Waals surface area contributed by atoms with Gasteiger partial charge in [0.25, 0.3) is 5.91 Å². The summed E-state index contributed by atoms with van der Waals surface area (Å²) in [5.41, 5.74) is 4.69.